The molecule has 0 radical (unpaired) electrons. The van der Waals surface area contributed by atoms with Gasteiger partial charge in [0, 0.05) is 6.54 Å². The molecule has 1 heterocycles. The van der Waals surface area contributed by atoms with E-state index in [9.17, 15) is 4.79 Å². The minimum atomic E-state index is -0.0959. The summed E-state index contributed by atoms with van der Waals surface area (Å²) < 4.78 is 11.0. The van der Waals surface area contributed by atoms with Gasteiger partial charge in [-0.1, -0.05) is 30.7 Å². The van der Waals surface area contributed by atoms with E-state index in [1.165, 1.54) is 24.8 Å². The van der Waals surface area contributed by atoms with Gasteiger partial charge >= 0.3 is 0 Å². The van der Waals surface area contributed by atoms with Crippen molar-refractivity contribution in [1.29, 1.82) is 0 Å². The molecule has 1 atom stereocenters. The van der Waals surface area contributed by atoms with E-state index in [4.69, 9.17) is 9.47 Å². The lowest BCUT2D eigenvalue weighted by molar-refractivity contribution is -0.123. The average molecular weight is 397 g/mol. The third-order valence-corrected chi connectivity index (χ3v) is 5.74. The molecule has 5 heteroatoms. The smallest absolute Gasteiger partial charge is 0.258 e. The van der Waals surface area contributed by atoms with Gasteiger partial charge in [0.15, 0.2) is 6.61 Å². The number of carbonyl (C=O) groups is 1. The van der Waals surface area contributed by atoms with Gasteiger partial charge in [0.05, 0.1) is 13.2 Å². The Morgan fingerprint density at radius 3 is 2.48 bits per heavy atom. The first-order chi connectivity index (χ1) is 14.1. The van der Waals surface area contributed by atoms with Crippen molar-refractivity contribution in [1.82, 2.24) is 10.2 Å². The maximum atomic E-state index is 12.5. The van der Waals surface area contributed by atoms with Crippen LogP contribution in [0.1, 0.15) is 42.0 Å². The van der Waals surface area contributed by atoms with Crippen molar-refractivity contribution in [3.05, 3.63) is 59.2 Å². The highest BCUT2D eigenvalue weighted by Gasteiger charge is 2.23. The Kier molecular flexibility index (Phi) is 7.53. The second-order valence-electron chi connectivity index (χ2n) is 7.68. The molecule has 1 N–H and O–H groups in total. The van der Waals surface area contributed by atoms with Crippen molar-refractivity contribution in [2.24, 2.45) is 0 Å². The largest absolute Gasteiger partial charge is 0.497 e. The van der Waals surface area contributed by atoms with Crippen LogP contribution in [0, 0.1) is 13.8 Å². The fourth-order valence-electron chi connectivity index (χ4n) is 3.80. The van der Waals surface area contributed by atoms with Gasteiger partial charge in [-0.2, -0.15) is 0 Å². The Morgan fingerprint density at radius 2 is 1.79 bits per heavy atom. The fraction of sp³-hybridized carbons (Fsp3) is 0.458. The maximum Gasteiger partial charge on any atom is 0.258 e. The van der Waals surface area contributed by atoms with Crippen LogP contribution < -0.4 is 14.8 Å². The molecule has 0 saturated carbocycles. The Bertz CT molecular complexity index is 798. The number of carbonyl (C=O) groups excluding carboxylic acids is 1. The molecule has 1 saturated heterocycles. The molecule has 1 aliphatic heterocycles. The zero-order valence-electron chi connectivity index (χ0n) is 17.7. The van der Waals surface area contributed by atoms with E-state index in [0.29, 0.717) is 6.54 Å². The van der Waals surface area contributed by atoms with E-state index >= 15 is 0 Å². The molecule has 0 unspecified atom stereocenters. The van der Waals surface area contributed by atoms with Gasteiger partial charge in [-0.25, -0.2) is 0 Å². The number of nitrogens with one attached hydrogen (secondary N) is 1. The summed E-state index contributed by atoms with van der Waals surface area (Å²) in [6.07, 6.45) is 3.69. The predicted molar refractivity (Wildman–Crippen MR) is 116 cm³/mol. The molecule has 1 fully saturated rings. The number of hydrogen-bond acceptors (Lipinski definition) is 4. The molecule has 5 nitrogen and oxygen atoms in total. The van der Waals surface area contributed by atoms with Crippen molar-refractivity contribution in [2.45, 2.75) is 39.2 Å². The maximum absolute atomic E-state index is 12.5. The number of benzene rings is 2. The first-order valence-electron chi connectivity index (χ1n) is 10.4. The zero-order chi connectivity index (χ0) is 20.6. The minimum Gasteiger partial charge on any atom is -0.497 e. The van der Waals surface area contributed by atoms with Gasteiger partial charge < -0.3 is 14.8 Å². The van der Waals surface area contributed by atoms with Gasteiger partial charge in [0.2, 0.25) is 0 Å². The van der Waals surface area contributed by atoms with Crippen LogP contribution in [0.25, 0.3) is 0 Å². The van der Waals surface area contributed by atoms with Crippen LogP contribution in [-0.2, 0) is 4.79 Å². The summed E-state index contributed by atoms with van der Waals surface area (Å²) in [5.74, 6) is 1.52. The number of likely N-dealkylation sites (tertiary alicyclic amines) is 1. The molecule has 1 amide bonds. The summed E-state index contributed by atoms with van der Waals surface area (Å²) in [5.41, 5.74) is 3.43. The van der Waals surface area contributed by atoms with Crippen molar-refractivity contribution in [2.75, 3.05) is 33.4 Å². The van der Waals surface area contributed by atoms with Gasteiger partial charge in [-0.3, -0.25) is 9.69 Å². The number of rotatable bonds is 8. The molecule has 0 spiro atoms. The monoisotopic (exact) mass is 396 g/mol. The van der Waals surface area contributed by atoms with E-state index in [0.717, 1.165) is 35.7 Å². The minimum absolute atomic E-state index is 0.0274. The average Bonchev–Trinajstić information content (AvgIpc) is 2.76. The van der Waals surface area contributed by atoms with E-state index in [1.807, 2.05) is 44.2 Å². The number of nitrogens with zero attached hydrogens (tertiary/aromatic N) is 1. The molecular formula is C24H32N2O3. The van der Waals surface area contributed by atoms with Crippen LogP contribution >= 0.6 is 0 Å². The Labute approximate surface area is 174 Å². The zero-order valence-corrected chi connectivity index (χ0v) is 17.7. The molecule has 2 aromatic carbocycles. The van der Waals surface area contributed by atoms with E-state index in [2.05, 4.69) is 22.3 Å². The number of methoxy groups -OCH3 is 1. The SMILES string of the molecule is COc1ccc([C@@H](CNC(=O)COc2cccc(C)c2C)N2CCCCC2)cc1. The van der Waals surface area contributed by atoms with E-state index in [1.54, 1.807) is 7.11 Å². The summed E-state index contributed by atoms with van der Waals surface area (Å²) >= 11 is 0. The molecule has 29 heavy (non-hydrogen) atoms. The van der Waals surface area contributed by atoms with E-state index in [-0.39, 0.29) is 18.6 Å². The second kappa shape index (κ2) is 10.3. The first kappa shape index (κ1) is 21.2. The second-order valence-corrected chi connectivity index (χ2v) is 7.68. The summed E-state index contributed by atoms with van der Waals surface area (Å²) in [5, 5.41) is 3.07. The molecule has 2 aromatic rings. The highest BCUT2D eigenvalue weighted by Crippen LogP contribution is 2.26. The standard InChI is InChI=1S/C24H32N2O3/c1-18-8-7-9-23(19(18)2)29-17-24(27)25-16-22(26-14-5-4-6-15-26)20-10-12-21(28-3)13-11-20/h7-13,22H,4-6,14-17H2,1-3H3,(H,25,27)/t22-/m1/s1. The van der Waals surface area contributed by atoms with Gasteiger partial charge in [-0.05, 0) is 74.7 Å². The summed E-state index contributed by atoms with van der Waals surface area (Å²) in [6, 6.07) is 14.2. The molecule has 3 rings (SSSR count). The highest BCUT2D eigenvalue weighted by molar-refractivity contribution is 5.77. The van der Waals surface area contributed by atoms with Crippen LogP contribution in [0.3, 0.4) is 0 Å². The summed E-state index contributed by atoms with van der Waals surface area (Å²) in [6.45, 7) is 6.77. The number of ether oxygens (including phenoxy) is 2. The molecule has 156 valence electrons. The summed E-state index contributed by atoms with van der Waals surface area (Å²) in [4.78, 5) is 14.9. The summed E-state index contributed by atoms with van der Waals surface area (Å²) in [7, 11) is 1.67. The van der Waals surface area contributed by atoms with Crippen molar-refractivity contribution in [3.8, 4) is 11.5 Å². The molecule has 0 bridgehead atoms. The Hall–Kier alpha value is -2.53. The van der Waals surface area contributed by atoms with Gasteiger partial charge in [-0.15, -0.1) is 0 Å². The predicted octanol–water partition coefficient (Wildman–Crippen LogP) is 4.03. The molecule has 0 aromatic heterocycles. The van der Waals surface area contributed by atoms with Gasteiger partial charge in [0.25, 0.3) is 5.91 Å². The molecule has 0 aliphatic carbocycles. The van der Waals surface area contributed by atoms with Crippen molar-refractivity contribution < 1.29 is 14.3 Å². The topological polar surface area (TPSA) is 50.8 Å². The normalized spacial score (nSPS) is 15.6. The van der Waals surface area contributed by atoms with Crippen molar-refractivity contribution >= 4 is 5.91 Å². The lowest BCUT2D eigenvalue weighted by atomic mass is 10.0. The van der Waals surface area contributed by atoms with Crippen molar-refractivity contribution in [3.63, 3.8) is 0 Å². The quantitative estimate of drug-likeness (QED) is 0.732. The number of piperidine rings is 1. The van der Waals surface area contributed by atoms with Crippen LogP contribution in [0.5, 0.6) is 11.5 Å². The van der Waals surface area contributed by atoms with Crippen LogP contribution in [0.4, 0.5) is 0 Å². The van der Waals surface area contributed by atoms with E-state index < -0.39 is 0 Å². The molecular weight excluding hydrogens is 364 g/mol. The fourth-order valence-corrected chi connectivity index (χ4v) is 3.80. The third-order valence-electron chi connectivity index (χ3n) is 5.74. The Morgan fingerprint density at radius 1 is 1.07 bits per heavy atom. The van der Waals surface area contributed by atoms with Crippen LogP contribution in [0.2, 0.25) is 0 Å². The third kappa shape index (κ3) is 5.73. The number of aryl methyl sites for hydroxylation is 1. The lowest BCUT2D eigenvalue weighted by Gasteiger charge is -2.35. The lowest BCUT2D eigenvalue weighted by Crippen LogP contribution is -2.41. The Balaban J connectivity index is 1.61. The number of hydrogen-bond donors (Lipinski definition) is 1. The van der Waals surface area contributed by atoms with Crippen LogP contribution in [0.15, 0.2) is 42.5 Å². The highest BCUT2D eigenvalue weighted by atomic mass is 16.5. The molecule has 1 aliphatic rings. The number of amides is 1. The first-order valence-corrected chi connectivity index (χ1v) is 10.4. The van der Waals surface area contributed by atoms with Crippen LogP contribution in [-0.4, -0.2) is 44.2 Å². The van der Waals surface area contributed by atoms with Gasteiger partial charge in [0.1, 0.15) is 11.5 Å².